The molecule has 0 fully saturated rings. The Morgan fingerprint density at radius 1 is 0.852 bits per heavy atom. The van der Waals surface area contributed by atoms with Crippen molar-refractivity contribution in [2.24, 2.45) is 0 Å². The lowest BCUT2D eigenvalue weighted by Crippen LogP contribution is -2.55. The maximum absolute atomic E-state index is 12.9. The second kappa shape index (κ2) is 6.89. The number of anilines is 1. The standard InChI is InChI=1S/C15H14F9NO2/c1-11(26,13(16,17)18)6-9(8-2-4-10(25)5-3-8)7-12(27,14(19,20)21)15(22,23)24/h2-5,7,26-27H,6,25H2,1H3/b9-7+. The number of nitrogen functional groups attached to an aromatic ring is 1. The molecule has 0 radical (unpaired) electrons. The van der Waals surface area contributed by atoms with Crippen molar-refractivity contribution >= 4 is 11.3 Å². The lowest BCUT2D eigenvalue weighted by atomic mass is 9.87. The summed E-state index contributed by atoms with van der Waals surface area (Å²) in [7, 11) is 0. The van der Waals surface area contributed by atoms with E-state index in [2.05, 4.69) is 0 Å². The largest absolute Gasteiger partial charge is 0.430 e. The minimum atomic E-state index is -6.28. The van der Waals surface area contributed by atoms with Gasteiger partial charge < -0.3 is 15.9 Å². The molecule has 0 saturated heterocycles. The predicted molar refractivity (Wildman–Crippen MR) is 77.2 cm³/mol. The summed E-state index contributed by atoms with van der Waals surface area (Å²) in [5.41, 5.74) is -5.49. The molecule has 154 valence electrons. The van der Waals surface area contributed by atoms with Crippen molar-refractivity contribution in [3.8, 4) is 0 Å². The van der Waals surface area contributed by atoms with E-state index in [0.29, 0.717) is 0 Å². The molecule has 1 unspecified atom stereocenters. The first kappa shape index (κ1) is 23.1. The molecule has 1 atom stereocenters. The van der Waals surface area contributed by atoms with E-state index in [9.17, 15) is 49.7 Å². The SMILES string of the molecule is CC(O)(C/C(=C\C(O)(C(F)(F)F)C(F)(F)F)c1ccc(N)cc1)C(F)(F)F. The maximum atomic E-state index is 12.9. The summed E-state index contributed by atoms with van der Waals surface area (Å²) in [5, 5.41) is 18.8. The Hall–Kier alpha value is -1.95. The zero-order chi connectivity index (χ0) is 21.5. The van der Waals surface area contributed by atoms with E-state index in [1.165, 1.54) is 0 Å². The quantitative estimate of drug-likeness (QED) is 0.514. The summed E-state index contributed by atoms with van der Waals surface area (Å²) in [5.74, 6) is 0. The number of benzene rings is 1. The topological polar surface area (TPSA) is 66.5 Å². The van der Waals surface area contributed by atoms with Gasteiger partial charge in [0.1, 0.15) is 0 Å². The van der Waals surface area contributed by atoms with Crippen LogP contribution < -0.4 is 5.73 Å². The molecule has 1 rings (SSSR count). The Balaban J connectivity index is 3.66. The second-order valence-corrected chi connectivity index (χ2v) is 6.00. The fraction of sp³-hybridized carbons (Fsp3) is 0.467. The predicted octanol–water partition coefficient (Wildman–Crippen LogP) is 4.21. The molecule has 12 heteroatoms. The zero-order valence-electron chi connectivity index (χ0n) is 13.5. The Morgan fingerprint density at radius 3 is 1.59 bits per heavy atom. The van der Waals surface area contributed by atoms with Crippen LogP contribution in [0.4, 0.5) is 45.2 Å². The third kappa shape index (κ3) is 4.86. The Bertz CT molecular complexity index is 671. The molecular formula is C15H14F9NO2. The summed E-state index contributed by atoms with van der Waals surface area (Å²) < 4.78 is 116. The molecule has 0 spiro atoms. The van der Waals surface area contributed by atoms with Crippen molar-refractivity contribution in [2.75, 3.05) is 5.73 Å². The zero-order valence-corrected chi connectivity index (χ0v) is 13.5. The monoisotopic (exact) mass is 411 g/mol. The van der Waals surface area contributed by atoms with Gasteiger partial charge in [-0.2, -0.15) is 39.5 Å². The van der Waals surface area contributed by atoms with Crippen molar-refractivity contribution < 1.29 is 49.7 Å². The highest BCUT2D eigenvalue weighted by Gasteiger charge is 2.69. The number of hydrogen-bond donors (Lipinski definition) is 3. The van der Waals surface area contributed by atoms with Gasteiger partial charge in [-0.3, -0.25) is 0 Å². The number of hydrogen-bond acceptors (Lipinski definition) is 3. The maximum Gasteiger partial charge on any atom is 0.430 e. The van der Waals surface area contributed by atoms with E-state index in [0.717, 1.165) is 24.3 Å². The van der Waals surface area contributed by atoms with Crippen LogP contribution in [0, 0.1) is 0 Å². The van der Waals surface area contributed by atoms with Crippen molar-refractivity contribution in [2.45, 2.75) is 43.1 Å². The molecule has 0 heterocycles. The highest BCUT2D eigenvalue weighted by molar-refractivity contribution is 5.69. The molecule has 0 aliphatic heterocycles. The highest BCUT2D eigenvalue weighted by Crippen LogP contribution is 2.47. The number of halogens is 9. The van der Waals surface area contributed by atoms with Crippen molar-refractivity contribution in [1.82, 2.24) is 0 Å². The average molecular weight is 411 g/mol. The fourth-order valence-corrected chi connectivity index (χ4v) is 1.98. The molecule has 0 aromatic heterocycles. The number of aliphatic hydroxyl groups is 2. The summed E-state index contributed by atoms with van der Waals surface area (Å²) in [4.78, 5) is 0. The summed E-state index contributed by atoms with van der Waals surface area (Å²) >= 11 is 0. The molecule has 3 nitrogen and oxygen atoms in total. The van der Waals surface area contributed by atoms with Gasteiger partial charge in [0.2, 0.25) is 0 Å². The minimum absolute atomic E-state index is 0.0302. The summed E-state index contributed by atoms with van der Waals surface area (Å²) in [6.07, 6.45) is -20.4. The molecule has 0 bridgehead atoms. The van der Waals surface area contributed by atoms with Gasteiger partial charge in [-0.1, -0.05) is 12.1 Å². The van der Waals surface area contributed by atoms with Gasteiger partial charge in [-0.25, -0.2) is 0 Å². The smallest absolute Gasteiger partial charge is 0.399 e. The van der Waals surface area contributed by atoms with E-state index in [4.69, 9.17) is 5.73 Å². The van der Waals surface area contributed by atoms with Gasteiger partial charge in [0, 0.05) is 12.1 Å². The van der Waals surface area contributed by atoms with Crippen LogP contribution >= 0.6 is 0 Å². The summed E-state index contributed by atoms with van der Waals surface area (Å²) in [6.45, 7) is 0.179. The van der Waals surface area contributed by atoms with Crippen LogP contribution in [0.25, 0.3) is 5.57 Å². The van der Waals surface area contributed by atoms with Gasteiger partial charge in [0.05, 0.1) is 0 Å². The van der Waals surface area contributed by atoms with Crippen LogP contribution in [0.1, 0.15) is 18.9 Å². The van der Waals surface area contributed by atoms with Crippen LogP contribution in [0.3, 0.4) is 0 Å². The van der Waals surface area contributed by atoms with Gasteiger partial charge in [0.15, 0.2) is 5.60 Å². The van der Waals surface area contributed by atoms with Gasteiger partial charge in [-0.15, -0.1) is 0 Å². The second-order valence-electron chi connectivity index (χ2n) is 6.00. The van der Waals surface area contributed by atoms with Crippen LogP contribution in [0.15, 0.2) is 30.3 Å². The van der Waals surface area contributed by atoms with Crippen molar-refractivity contribution in [3.63, 3.8) is 0 Å². The van der Waals surface area contributed by atoms with Crippen molar-refractivity contribution in [1.29, 1.82) is 0 Å². The van der Waals surface area contributed by atoms with Gasteiger partial charge >= 0.3 is 18.5 Å². The Labute approximate surface area is 146 Å². The third-order valence-corrected chi connectivity index (χ3v) is 3.67. The number of nitrogens with two attached hydrogens (primary N) is 1. The van der Waals surface area contributed by atoms with E-state index in [1.54, 1.807) is 0 Å². The number of rotatable bonds is 4. The first-order valence-corrected chi connectivity index (χ1v) is 7.04. The van der Waals surface area contributed by atoms with Gasteiger partial charge in [-0.05, 0) is 36.3 Å². The minimum Gasteiger partial charge on any atom is -0.399 e. The fourth-order valence-electron chi connectivity index (χ4n) is 1.98. The van der Waals surface area contributed by atoms with Crippen LogP contribution in [-0.2, 0) is 0 Å². The molecular weight excluding hydrogens is 397 g/mol. The van der Waals surface area contributed by atoms with E-state index in [1.807, 2.05) is 0 Å². The Kier molecular flexibility index (Phi) is 5.90. The highest BCUT2D eigenvalue weighted by atomic mass is 19.4. The molecule has 1 aromatic carbocycles. The Morgan fingerprint density at radius 2 is 1.26 bits per heavy atom. The molecule has 27 heavy (non-hydrogen) atoms. The average Bonchev–Trinajstić information content (AvgIpc) is 2.43. The molecule has 0 amide bonds. The van der Waals surface area contributed by atoms with Crippen LogP contribution in [0.5, 0.6) is 0 Å². The first-order chi connectivity index (χ1) is 11.8. The van der Waals surface area contributed by atoms with E-state index in [-0.39, 0.29) is 12.6 Å². The lowest BCUT2D eigenvalue weighted by Gasteiger charge is -2.32. The van der Waals surface area contributed by atoms with E-state index >= 15 is 0 Å². The normalized spacial score (nSPS) is 17.0. The molecule has 4 N–H and O–H groups in total. The number of alkyl halides is 9. The lowest BCUT2D eigenvalue weighted by molar-refractivity contribution is -0.347. The van der Waals surface area contributed by atoms with Gasteiger partial charge in [0.25, 0.3) is 5.60 Å². The first-order valence-electron chi connectivity index (χ1n) is 7.04. The molecule has 0 aliphatic rings. The molecule has 0 aliphatic carbocycles. The van der Waals surface area contributed by atoms with Crippen molar-refractivity contribution in [3.05, 3.63) is 35.9 Å². The van der Waals surface area contributed by atoms with Crippen LogP contribution in [0.2, 0.25) is 0 Å². The summed E-state index contributed by atoms with van der Waals surface area (Å²) in [6, 6.07) is 3.76. The third-order valence-electron chi connectivity index (χ3n) is 3.67. The van der Waals surface area contributed by atoms with Crippen LogP contribution in [-0.4, -0.2) is 39.9 Å². The molecule has 1 aromatic rings. The van der Waals surface area contributed by atoms with E-state index < -0.39 is 53.4 Å². The molecule has 0 saturated carbocycles.